The van der Waals surface area contributed by atoms with Gasteiger partial charge >= 0.3 is 6.03 Å². The lowest BCUT2D eigenvalue weighted by Crippen LogP contribution is -2.41. The molecule has 3 N–H and O–H groups in total. The number of carbonyl (C=O) groups excluding carboxylic acids is 3. The molecule has 0 saturated carbocycles. The Morgan fingerprint density at radius 1 is 1.14 bits per heavy atom. The Balaban J connectivity index is 1.43. The molecule has 0 unspecified atom stereocenters. The van der Waals surface area contributed by atoms with Crippen LogP contribution in [0, 0.1) is 11.3 Å². The third kappa shape index (κ3) is 5.11. The van der Waals surface area contributed by atoms with Crippen LogP contribution in [0.3, 0.4) is 0 Å². The predicted molar refractivity (Wildman–Crippen MR) is 129 cm³/mol. The summed E-state index contributed by atoms with van der Waals surface area (Å²) in [6.45, 7) is 7.78. The van der Waals surface area contributed by atoms with Crippen LogP contribution in [0.1, 0.15) is 37.7 Å². The lowest BCUT2D eigenvalue weighted by atomic mass is 10.1. The summed E-state index contributed by atoms with van der Waals surface area (Å²) in [5, 5.41) is 12.5. The Kier molecular flexibility index (Phi) is 7.29. The highest BCUT2D eigenvalue weighted by molar-refractivity contribution is 5.99. The number of fused-ring (bicyclic) bond motifs is 1. The number of nitrogens with zero attached hydrogens (tertiary/aromatic N) is 4. The lowest BCUT2D eigenvalue weighted by Gasteiger charge is -2.30. The number of benzene rings is 1. The first-order valence-corrected chi connectivity index (χ1v) is 11.5. The van der Waals surface area contributed by atoms with Crippen molar-refractivity contribution in [2.45, 2.75) is 19.5 Å². The second kappa shape index (κ2) is 10.5. The average Bonchev–Trinajstić information content (AvgIpc) is 3.18. The van der Waals surface area contributed by atoms with E-state index in [1.165, 1.54) is 0 Å². The van der Waals surface area contributed by atoms with Crippen molar-refractivity contribution < 1.29 is 19.1 Å². The van der Waals surface area contributed by atoms with E-state index in [1.807, 2.05) is 4.57 Å². The number of hydrogen-bond donors (Lipinski definition) is 2. The second-order valence-electron chi connectivity index (χ2n) is 8.50. The molecule has 1 saturated heterocycles. The monoisotopic (exact) mass is 476 g/mol. The Morgan fingerprint density at radius 2 is 1.86 bits per heavy atom. The van der Waals surface area contributed by atoms with Crippen molar-refractivity contribution in [3.8, 4) is 6.07 Å². The molecule has 10 heteroatoms. The Morgan fingerprint density at radius 3 is 2.49 bits per heavy atom. The van der Waals surface area contributed by atoms with Gasteiger partial charge in [-0.15, -0.1) is 6.58 Å². The highest BCUT2D eigenvalue weighted by atomic mass is 16.5. The number of aromatic nitrogens is 1. The number of allylic oxidation sites excluding steroid dienone is 1. The summed E-state index contributed by atoms with van der Waals surface area (Å²) in [6, 6.07) is 8.54. The topological polar surface area (TPSA) is 134 Å². The van der Waals surface area contributed by atoms with E-state index in [0.717, 1.165) is 13.1 Å². The van der Waals surface area contributed by atoms with E-state index in [-0.39, 0.29) is 29.5 Å². The number of morpholine rings is 1. The molecule has 2 aliphatic heterocycles. The summed E-state index contributed by atoms with van der Waals surface area (Å²) in [6.07, 6.45) is 2.09. The minimum absolute atomic E-state index is 0.0178. The number of ketones is 1. The summed E-state index contributed by atoms with van der Waals surface area (Å²) < 4.78 is 7.20. The number of rotatable bonds is 7. The molecule has 3 heterocycles. The van der Waals surface area contributed by atoms with Gasteiger partial charge in [-0.05, 0) is 24.3 Å². The molecule has 182 valence electrons. The summed E-state index contributed by atoms with van der Waals surface area (Å²) in [4.78, 5) is 41.3. The van der Waals surface area contributed by atoms with Crippen molar-refractivity contribution in [3.63, 3.8) is 0 Å². The van der Waals surface area contributed by atoms with Crippen molar-refractivity contribution in [2.24, 2.45) is 5.73 Å². The minimum atomic E-state index is -0.694. The molecule has 0 radical (unpaired) electrons. The number of nitriles is 1. The Bertz CT molecular complexity index is 1190. The Hall–Kier alpha value is -3.94. The molecule has 3 amide bonds. The van der Waals surface area contributed by atoms with Gasteiger partial charge in [-0.3, -0.25) is 14.5 Å². The van der Waals surface area contributed by atoms with Gasteiger partial charge in [0.1, 0.15) is 6.07 Å². The predicted octanol–water partition coefficient (Wildman–Crippen LogP) is 1.75. The van der Waals surface area contributed by atoms with Crippen LogP contribution in [0.25, 0.3) is 0 Å². The van der Waals surface area contributed by atoms with Crippen molar-refractivity contribution in [1.29, 1.82) is 5.26 Å². The van der Waals surface area contributed by atoms with Gasteiger partial charge in [0.05, 0.1) is 43.1 Å². The molecule has 10 nitrogen and oxygen atoms in total. The van der Waals surface area contributed by atoms with E-state index in [4.69, 9.17) is 10.5 Å². The number of nitrogens with two attached hydrogens (primary N) is 1. The zero-order valence-corrected chi connectivity index (χ0v) is 19.5. The number of nitrogens with one attached hydrogen (secondary N) is 1. The maximum atomic E-state index is 12.9. The van der Waals surface area contributed by atoms with Crippen LogP contribution < -0.4 is 11.1 Å². The molecule has 1 fully saturated rings. The van der Waals surface area contributed by atoms with Gasteiger partial charge in [0.25, 0.3) is 5.91 Å². The number of urea groups is 1. The van der Waals surface area contributed by atoms with Gasteiger partial charge < -0.3 is 25.3 Å². The first-order valence-electron chi connectivity index (χ1n) is 11.5. The van der Waals surface area contributed by atoms with E-state index in [0.29, 0.717) is 61.9 Å². The fraction of sp³-hybridized carbons (Fsp3) is 0.360. The standard InChI is InChI=1S/C25H28N6O4/c1-2-3-20-19(14-26)23(24(27)33)21-15-30(8-9-31(20)21)25(34)28-18-6-4-17(5-7-18)22(32)16-29-10-12-35-13-11-29/h2,4-7H,1,3,8-13,15-16H2,(H2,27,33)(H,28,34). The maximum absolute atomic E-state index is 12.9. The van der Waals surface area contributed by atoms with Crippen LogP contribution in [0.5, 0.6) is 0 Å². The normalized spacial score (nSPS) is 15.7. The molecule has 2 aliphatic rings. The molecule has 0 aliphatic carbocycles. The second-order valence-corrected chi connectivity index (χ2v) is 8.50. The largest absolute Gasteiger partial charge is 0.379 e. The molecular weight excluding hydrogens is 448 g/mol. The summed E-state index contributed by atoms with van der Waals surface area (Å²) in [7, 11) is 0. The van der Waals surface area contributed by atoms with Gasteiger partial charge in [0.2, 0.25) is 0 Å². The zero-order chi connectivity index (χ0) is 24.9. The third-order valence-corrected chi connectivity index (χ3v) is 6.33. The van der Waals surface area contributed by atoms with Gasteiger partial charge in [-0.25, -0.2) is 4.79 Å². The fourth-order valence-electron chi connectivity index (χ4n) is 4.54. The minimum Gasteiger partial charge on any atom is -0.379 e. The fourth-order valence-corrected chi connectivity index (χ4v) is 4.54. The van der Waals surface area contributed by atoms with Crippen molar-refractivity contribution in [2.75, 3.05) is 44.7 Å². The number of amides is 3. The number of primary amides is 1. The number of ether oxygens (including phenoxy) is 1. The van der Waals surface area contributed by atoms with Gasteiger partial charge in [0.15, 0.2) is 5.78 Å². The van der Waals surface area contributed by atoms with Crippen LogP contribution in [0.15, 0.2) is 36.9 Å². The smallest absolute Gasteiger partial charge is 0.322 e. The van der Waals surface area contributed by atoms with Crippen LogP contribution in [0.4, 0.5) is 10.5 Å². The van der Waals surface area contributed by atoms with E-state index in [2.05, 4.69) is 22.9 Å². The van der Waals surface area contributed by atoms with E-state index >= 15 is 0 Å². The van der Waals surface area contributed by atoms with Crippen LogP contribution in [-0.2, 0) is 24.2 Å². The SMILES string of the molecule is C=CCc1c(C#N)c(C(N)=O)c2n1CCN(C(=O)Nc1ccc(C(=O)CN3CCOCC3)cc1)C2. The van der Waals surface area contributed by atoms with Crippen molar-refractivity contribution >= 4 is 23.4 Å². The average molecular weight is 477 g/mol. The molecule has 4 rings (SSSR count). The van der Waals surface area contributed by atoms with E-state index in [9.17, 15) is 19.6 Å². The van der Waals surface area contributed by atoms with Crippen molar-refractivity contribution in [1.82, 2.24) is 14.4 Å². The van der Waals surface area contributed by atoms with Crippen LogP contribution in [-0.4, -0.2) is 71.5 Å². The Labute approximate surface area is 203 Å². The first-order chi connectivity index (χ1) is 16.9. The molecule has 0 spiro atoms. The zero-order valence-electron chi connectivity index (χ0n) is 19.5. The van der Waals surface area contributed by atoms with Crippen molar-refractivity contribution in [3.05, 3.63) is 65.0 Å². The third-order valence-electron chi connectivity index (χ3n) is 6.33. The lowest BCUT2D eigenvalue weighted by molar-refractivity contribution is 0.0371. The number of anilines is 1. The highest BCUT2D eigenvalue weighted by Gasteiger charge is 2.31. The number of hydrogen-bond acceptors (Lipinski definition) is 6. The van der Waals surface area contributed by atoms with E-state index in [1.54, 1.807) is 35.2 Å². The van der Waals surface area contributed by atoms with Crippen LogP contribution in [0.2, 0.25) is 0 Å². The highest BCUT2D eigenvalue weighted by Crippen LogP contribution is 2.28. The molecule has 0 bridgehead atoms. The summed E-state index contributed by atoms with van der Waals surface area (Å²) in [5.41, 5.74) is 8.35. The van der Waals surface area contributed by atoms with E-state index < -0.39 is 5.91 Å². The molecule has 1 aromatic heterocycles. The molecular formula is C25H28N6O4. The van der Waals surface area contributed by atoms with Gasteiger partial charge in [-0.1, -0.05) is 6.08 Å². The quantitative estimate of drug-likeness (QED) is 0.462. The molecule has 0 atom stereocenters. The molecule has 2 aromatic rings. The first kappa shape index (κ1) is 24.2. The van der Waals surface area contributed by atoms with Gasteiger partial charge in [-0.2, -0.15) is 5.26 Å². The molecule has 1 aromatic carbocycles. The van der Waals surface area contributed by atoms with Crippen LogP contribution >= 0.6 is 0 Å². The number of Topliss-reactive ketones (excluding diaryl/α,β-unsaturated/α-hetero) is 1. The molecule has 35 heavy (non-hydrogen) atoms. The summed E-state index contributed by atoms with van der Waals surface area (Å²) in [5.74, 6) is -0.676. The number of carbonyl (C=O) groups is 3. The maximum Gasteiger partial charge on any atom is 0.322 e. The van der Waals surface area contributed by atoms with Gasteiger partial charge in [0, 0.05) is 49.5 Å². The summed E-state index contributed by atoms with van der Waals surface area (Å²) >= 11 is 0.